The van der Waals surface area contributed by atoms with Crippen molar-refractivity contribution in [1.82, 2.24) is 5.32 Å². The van der Waals surface area contributed by atoms with E-state index in [1.807, 2.05) is 6.08 Å². The van der Waals surface area contributed by atoms with Gasteiger partial charge in [0.25, 0.3) is 0 Å². The van der Waals surface area contributed by atoms with Crippen LogP contribution < -0.4 is 5.32 Å². The highest BCUT2D eigenvalue weighted by Crippen LogP contribution is 2.26. The maximum absolute atomic E-state index is 13.5. The van der Waals surface area contributed by atoms with Crippen LogP contribution in [-0.4, -0.2) is 99.6 Å². The molecule has 1 rings (SSSR count). The molecule has 0 radical (unpaired) electrons. The van der Waals surface area contributed by atoms with Crippen molar-refractivity contribution >= 4 is 11.9 Å². The molecule has 0 aliphatic carbocycles. The van der Waals surface area contributed by atoms with Gasteiger partial charge in [0.2, 0.25) is 5.91 Å². The average Bonchev–Trinajstić information content (AvgIpc) is 3.47. The van der Waals surface area contributed by atoms with Crippen LogP contribution in [-0.2, 0) is 23.8 Å². The van der Waals surface area contributed by atoms with Gasteiger partial charge in [0, 0.05) is 6.42 Å². The lowest BCUT2D eigenvalue weighted by atomic mass is 9.99. The number of aliphatic hydroxyl groups is 5. The molecule has 1 aliphatic rings. The van der Waals surface area contributed by atoms with Crippen LogP contribution in [0.2, 0.25) is 0 Å². The van der Waals surface area contributed by atoms with Gasteiger partial charge >= 0.3 is 5.97 Å². The molecule has 79 heavy (non-hydrogen) atoms. The zero-order valence-corrected chi connectivity index (χ0v) is 51.8. The Balaban J connectivity index is 2.59. The number of rotatable bonds is 59. The number of carbonyl (C=O) groups is 2. The molecular weight excluding hydrogens is 991 g/mol. The predicted molar refractivity (Wildman–Crippen MR) is 329 cm³/mol. The summed E-state index contributed by atoms with van der Waals surface area (Å²) in [6.45, 7) is 5.83. The lowest BCUT2D eigenvalue weighted by molar-refractivity contribution is -0.305. The van der Waals surface area contributed by atoms with Crippen LogP contribution in [0.1, 0.15) is 335 Å². The summed E-state index contributed by atoms with van der Waals surface area (Å²) in [6, 6.07) is -1.02. The number of carbonyl (C=O) groups excluding carboxylic acids is 2. The number of hydrogen-bond acceptors (Lipinski definition) is 10. The Hall–Kier alpha value is -1.86. The molecule has 1 amide bonds. The summed E-state index contributed by atoms with van der Waals surface area (Å²) in [5.74, 6) is -1.18. The first-order chi connectivity index (χ1) is 38.7. The van der Waals surface area contributed by atoms with Gasteiger partial charge in [0.15, 0.2) is 12.4 Å². The van der Waals surface area contributed by atoms with E-state index in [9.17, 15) is 35.1 Å². The van der Waals surface area contributed by atoms with E-state index < -0.39 is 67.4 Å². The Bertz CT molecular complexity index is 1380. The van der Waals surface area contributed by atoms with Crippen molar-refractivity contribution in [3.8, 4) is 0 Å². The first-order valence-corrected chi connectivity index (χ1v) is 34.1. The molecule has 6 N–H and O–H groups in total. The van der Waals surface area contributed by atoms with Crippen LogP contribution in [0.15, 0.2) is 24.3 Å². The fraction of sp³-hybridized carbons (Fsp3) is 0.912. The lowest BCUT2D eigenvalue weighted by Crippen LogP contribution is -2.61. The summed E-state index contributed by atoms with van der Waals surface area (Å²) in [6.07, 6.45) is 56.5. The summed E-state index contributed by atoms with van der Waals surface area (Å²) in [5.41, 5.74) is 0. The fourth-order valence-electron chi connectivity index (χ4n) is 10.9. The Labute approximate surface area is 486 Å². The van der Waals surface area contributed by atoms with Crippen LogP contribution in [0.25, 0.3) is 0 Å². The van der Waals surface area contributed by atoms with Crippen LogP contribution in [0.5, 0.6) is 0 Å². The normalized spacial score (nSPS) is 18.9. The molecule has 11 nitrogen and oxygen atoms in total. The minimum atomic E-state index is -1.61. The smallest absolute Gasteiger partial charge is 0.306 e. The van der Waals surface area contributed by atoms with Gasteiger partial charge in [-0.3, -0.25) is 9.59 Å². The predicted octanol–water partition coefficient (Wildman–Crippen LogP) is 16.8. The van der Waals surface area contributed by atoms with Crippen molar-refractivity contribution in [2.75, 3.05) is 13.2 Å². The van der Waals surface area contributed by atoms with Gasteiger partial charge in [-0.1, -0.05) is 302 Å². The van der Waals surface area contributed by atoms with Gasteiger partial charge in [-0.2, -0.15) is 0 Å². The van der Waals surface area contributed by atoms with Crippen molar-refractivity contribution in [1.29, 1.82) is 0 Å². The Morgan fingerprint density at radius 2 is 0.835 bits per heavy atom. The van der Waals surface area contributed by atoms with E-state index in [0.29, 0.717) is 19.3 Å². The van der Waals surface area contributed by atoms with E-state index in [-0.39, 0.29) is 13.0 Å². The fourth-order valence-corrected chi connectivity index (χ4v) is 10.9. The van der Waals surface area contributed by atoms with Crippen molar-refractivity contribution in [3.05, 3.63) is 24.3 Å². The third-order valence-corrected chi connectivity index (χ3v) is 16.4. The molecule has 0 aromatic heterocycles. The summed E-state index contributed by atoms with van der Waals surface area (Å²) in [7, 11) is 0. The summed E-state index contributed by atoms with van der Waals surface area (Å²) in [5, 5.41) is 57.1. The number of hydrogen-bond donors (Lipinski definition) is 6. The second-order valence-corrected chi connectivity index (χ2v) is 23.9. The van der Waals surface area contributed by atoms with Crippen molar-refractivity contribution in [2.45, 2.75) is 384 Å². The van der Waals surface area contributed by atoms with Gasteiger partial charge in [0.05, 0.1) is 25.4 Å². The monoisotopic (exact) mass is 1120 g/mol. The zero-order chi connectivity index (χ0) is 57.5. The molecule has 1 heterocycles. The first-order valence-electron chi connectivity index (χ1n) is 34.1. The summed E-state index contributed by atoms with van der Waals surface area (Å²) >= 11 is 0. The minimum absolute atomic E-state index is 0.125. The molecule has 0 spiro atoms. The second kappa shape index (κ2) is 56.6. The molecule has 0 aromatic carbocycles. The maximum atomic E-state index is 13.5. The van der Waals surface area contributed by atoms with E-state index in [0.717, 1.165) is 57.8 Å². The van der Waals surface area contributed by atoms with E-state index in [2.05, 4.69) is 38.2 Å². The molecule has 0 aromatic rings. The maximum Gasteiger partial charge on any atom is 0.306 e. The summed E-state index contributed by atoms with van der Waals surface area (Å²) < 4.78 is 17.7. The molecule has 0 bridgehead atoms. The number of ether oxygens (including phenoxy) is 3. The Morgan fingerprint density at radius 3 is 1.23 bits per heavy atom. The third kappa shape index (κ3) is 44.4. The largest absolute Gasteiger partial charge is 0.454 e. The van der Waals surface area contributed by atoms with Gasteiger partial charge < -0.3 is 45.1 Å². The molecule has 466 valence electrons. The van der Waals surface area contributed by atoms with E-state index in [4.69, 9.17) is 14.2 Å². The quantitative estimate of drug-likeness (QED) is 0.0195. The Kier molecular flexibility index (Phi) is 53.9. The number of amides is 1. The van der Waals surface area contributed by atoms with Gasteiger partial charge in [-0.25, -0.2) is 0 Å². The molecular formula is C68H129NO10. The van der Waals surface area contributed by atoms with Crippen molar-refractivity contribution < 1.29 is 49.3 Å². The van der Waals surface area contributed by atoms with Crippen LogP contribution in [0.4, 0.5) is 0 Å². The highest BCUT2D eigenvalue weighted by atomic mass is 16.7. The molecule has 1 fully saturated rings. The lowest BCUT2D eigenvalue weighted by Gasteiger charge is -2.41. The standard InChI is InChI=1S/C68H129NO10/c1-4-7-10-13-16-19-22-24-26-28-30-32-33-35-37-40-43-46-49-52-55-61(72)67(76)69-59(60(71)54-51-48-45-42-39-21-18-15-12-9-6-3)58-77-68-66(65(75)64(74)62(57-70)78-68)79-63(73)56-53-50-47-44-41-38-36-34-31-29-27-25-23-20-17-14-11-8-5-2/h25,27,51,54,59-62,64-66,68,70-72,74-75H,4-24,26,28-50,52-53,55-58H2,1-3H3,(H,69,76)/b27-25+,54-51+. The van der Waals surface area contributed by atoms with Gasteiger partial charge in [-0.15, -0.1) is 0 Å². The molecule has 1 saturated heterocycles. The van der Waals surface area contributed by atoms with E-state index >= 15 is 0 Å². The Morgan fingerprint density at radius 1 is 0.481 bits per heavy atom. The van der Waals surface area contributed by atoms with Crippen LogP contribution in [0.3, 0.4) is 0 Å². The number of unbranched alkanes of at least 4 members (excludes halogenated alkanes) is 43. The summed E-state index contributed by atoms with van der Waals surface area (Å²) in [4.78, 5) is 26.6. The molecule has 1 aliphatic heterocycles. The average molecular weight is 1120 g/mol. The molecule has 8 atom stereocenters. The number of aliphatic hydroxyl groups excluding tert-OH is 5. The number of esters is 1. The second-order valence-electron chi connectivity index (χ2n) is 23.9. The number of allylic oxidation sites excluding steroid dienone is 3. The van der Waals surface area contributed by atoms with Crippen molar-refractivity contribution in [3.63, 3.8) is 0 Å². The minimum Gasteiger partial charge on any atom is -0.454 e. The van der Waals surface area contributed by atoms with Gasteiger partial charge in [-0.05, 0) is 51.4 Å². The van der Waals surface area contributed by atoms with Crippen LogP contribution >= 0.6 is 0 Å². The van der Waals surface area contributed by atoms with Crippen molar-refractivity contribution in [2.24, 2.45) is 0 Å². The third-order valence-electron chi connectivity index (χ3n) is 16.4. The highest BCUT2D eigenvalue weighted by molar-refractivity contribution is 5.80. The molecule has 11 heteroatoms. The number of nitrogens with one attached hydrogen (secondary N) is 1. The molecule has 8 unspecified atom stereocenters. The van der Waals surface area contributed by atoms with Crippen LogP contribution in [0, 0.1) is 0 Å². The SMILES string of the molecule is CCCCCCCC/C=C/CCCCCCCCCCCC(=O)OC1C(OCC(NC(=O)C(O)CCCCCCCCCCCCCCCCCCCCCC)C(O)/C=C/CCCCCCCCCCC)OC(CO)C(O)C1O. The first kappa shape index (κ1) is 75.2. The van der Waals surface area contributed by atoms with Gasteiger partial charge in [0.1, 0.15) is 24.4 Å². The van der Waals surface area contributed by atoms with E-state index in [1.54, 1.807) is 6.08 Å². The van der Waals surface area contributed by atoms with E-state index in [1.165, 1.54) is 231 Å². The topological polar surface area (TPSA) is 175 Å². The zero-order valence-electron chi connectivity index (χ0n) is 51.8. The highest BCUT2D eigenvalue weighted by Gasteiger charge is 2.47. The molecule has 0 saturated carbocycles.